The molecule has 0 spiro atoms. The molecule has 0 aromatic heterocycles. The van der Waals surface area contributed by atoms with E-state index in [2.05, 4.69) is 0 Å². The van der Waals surface area contributed by atoms with Gasteiger partial charge in [-0.05, 0) is 44.0 Å². The van der Waals surface area contributed by atoms with Crippen LogP contribution in [-0.4, -0.2) is 18.9 Å². The van der Waals surface area contributed by atoms with E-state index in [1.807, 2.05) is 32.9 Å². The zero-order valence-corrected chi connectivity index (χ0v) is 9.46. The summed E-state index contributed by atoms with van der Waals surface area (Å²) in [5.41, 5.74) is 7.92. The van der Waals surface area contributed by atoms with Crippen LogP contribution < -0.4 is 10.5 Å². The van der Waals surface area contributed by atoms with Crippen LogP contribution in [0.2, 0.25) is 0 Å². The number of ketones is 1. The molecule has 0 radical (unpaired) electrons. The lowest BCUT2D eigenvalue weighted by atomic mass is 10.0. The number of rotatable bonds is 4. The molecule has 0 aliphatic heterocycles. The fraction of sp³-hybridized carbons (Fsp3) is 0.417. The number of nitrogens with two attached hydrogens (primary N) is 1. The molecule has 0 amide bonds. The van der Waals surface area contributed by atoms with Gasteiger partial charge in [-0.2, -0.15) is 0 Å². The molecule has 2 N–H and O–H groups in total. The number of aryl methyl sites for hydroxylation is 2. The summed E-state index contributed by atoms with van der Waals surface area (Å²) in [5, 5.41) is 0. The first-order valence-electron chi connectivity index (χ1n) is 5.07. The van der Waals surface area contributed by atoms with E-state index in [1.54, 1.807) is 0 Å². The number of hydrogen-bond donors (Lipinski definition) is 1. The van der Waals surface area contributed by atoms with Gasteiger partial charge in [-0.25, -0.2) is 0 Å². The molecule has 0 atom stereocenters. The minimum atomic E-state index is -0.0290. The van der Waals surface area contributed by atoms with Crippen LogP contribution >= 0.6 is 0 Å². The monoisotopic (exact) mass is 207 g/mol. The van der Waals surface area contributed by atoms with Crippen molar-refractivity contribution in [3.8, 4) is 5.75 Å². The van der Waals surface area contributed by atoms with Crippen LogP contribution in [0.1, 0.15) is 28.4 Å². The fourth-order valence-electron chi connectivity index (χ4n) is 1.51. The van der Waals surface area contributed by atoms with Gasteiger partial charge in [0, 0.05) is 5.56 Å². The van der Waals surface area contributed by atoms with Crippen LogP contribution in [-0.2, 0) is 0 Å². The summed E-state index contributed by atoms with van der Waals surface area (Å²) in [7, 11) is 0. The van der Waals surface area contributed by atoms with Crippen molar-refractivity contribution in [3.63, 3.8) is 0 Å². The van der Waals surface area contributed by atoms with E-state index < -0.39 is 0 Å². The average Bonchev–Trinajstić information content (AvgIpc) is 2.22. The van der Waals surface area contributed by atoms with Gasteiger partial charge in [0.1, 0.15) is 5.75 Å². The molecule has 0 bridgehead atoms. The van der Waals surface area contributed by atoms with Gasteiger partial charge in [0.15, 0.2) is 5.78 Å². The molecule has 0 aliphatic rings. The van der Waals surface area contributed by atoms with E-state index in [-0.39, 0.29) is 12.3 Å². The van der Waals surface area contributed by atoms with Gasteiger partial charge >= 0.3 is 0 Å². The highest BCUT2D eigenvalue weighted by Gasteiger charge is 2.10. The van der Waals surface area contributed by atoms with Crippen molar-refractivity contribution in [2.24, 2.45) is 5.73 Å². The lowest BCUT2D eigenvalue weighted by Gasteiger charge is -2.11. The normalized spacial score (nSPS) is 10.1. The Balaban J connectivity index is 3.13. The summed E-state index contributed by atoms with van der Waals surface area (Å²) in [6.45, 7) is 6.44. The van der Waals surface area contributed by atoms with Crippen LogP contribution in [0, 0.1) is 13.8 Å². The van der Waals surface area contributed by atoms with Gasteiger partial charge in [0.05, 0.1) is 13.2 Å². The smallest absolute Gasteiger partial charge is 0.176 e. The Bertz CT molecular complexity index is 372. The Morgan fingerprint density at radius 3 is 2.53 bits per heavy atom. The number of carbonyl (C=O) groups excluding carboxylic acids is 1. The highest BCUT2D eigenvalue weighted by atomic mass is 16.5. The number of carbonyl (C=O) groups is 1. The Morgan fingerprint density at radius 1 is 1.33 bits per heavy atom. The second-order valence-electron chi connectivity index (χ2n) is 3.49. The topological polar surface area (TPSA) is 52.3 Å². The number of benzene rings is 1. The fourth-order valence-corrected chi connectivity index (χ4v) is 1.51. The molecule has 15 heavy (non-hydrogen) atoms. The molecule has 1 rings (SSSR count). The van der Waals surface area contributed by atoms with E-state index >= 15 is 0 Å². The lowest BCUT2D eigenvalue weighted by Crippen LogP contribution is -2.15. The summed E-state index contributed by atoms with van der Waals surface area (Å²) in [4.78, 5) is 11.5. The quantitative estimate of drug-likeness (QED) is 0.766. The first-order valence-corrected chi connectivity index (χ1v) is 5.07. The summed E-state index contributed by atoms with van der Waals surface area (Å²) >= 11 is 0. The van der Waals surface area contributed by atoms with Gasteiger partial charge in [-0.15, -0.1) is 0 Å². The highest BCUT2D eigenvalue weighted by Crippen LogP contribution is 2.23. The van der Waals surface area contributed by atoms with E-state index in [1.165, 1.54) is 0 Å². The minimum Gasteiger partial charge on any atom is -0.494 e. The molecule has 82 valence electrons. The van der Waals surface area contributed by atoms with E-state index in [0.717, 1.165) is 16.9 Å². The van der Waals surface area contributed by atoms with Crippen LogP contribution in [0.15, 0.2) is 12.1 Å². The molecular weight excluding hydrogens is 190 g/mol. The second kappa shape index (κ2) is 4.94. The van der Waals surface area contributed by atoms with Gasteiger partial charge in [0.25, 0.3) is 0 Å². The van der Waals surface area contributed by atoms with E-state index in [9.17, 15) is 4.79 Å². The molecule has 0 fully saturated rings. The Hall–Kier alpha value is -1.35. The zero-order chi connectivity index (χ0) is 11.4. The summed E-state index contributed by atoms with van der Waals surface area (Å²) in [5.74, 6) is 0.808. The first-order chi connectivity index (χ1) is 7.10. The first kappa shape index (κ1) is 11.7. The van der Waals surface area contributed by atoms with Crippen molar-refractivity contribution in [3.05, 3.63) is 28.8 Å². The summed E-state index contributed by atoms with van der Waals surface area (Å²) in [6.07, 6.45) is 0. The third kappa shape index (κ3) is 2.57. The van der Waals surface area contributed by atoms with Crippen molar-refractivity contribution in [2.45, 2.75) is 20.8 Å². The maximum Gasteiger partial charge on any atom is 0.176 e. The average molecular weight is 207 g/mol. The highest BCUT2D eigenvalue weighted by molar-refractivity contribution is 5.99. The van der Waals surface area contributed by atoms with Crippen molar-refractivity contribution in [2.75, 3.05) is 13.2 Å². The van der Waals surface area contributed by atoms with E-state index in [4.69, 9.17) is 10.5 Å². The molecular formula is C12H17NO2. The molecule has 0 unspecified atom stereocenters. The predicted molar refractivity (Wildman–Crippen MR) is 60.5 cm³/mol. The van der Waals surface area contributed by atoms with Crippen molar-refractivity contribution < 1.29 is 9.53 Å². The van der Waals surface area contributed by atoms with E-state index in [0.29, 0.717) is 12.2 Å². The predicted octanol–water partition coefficient (Wildman–Crippen LogP) is 1.84. The van der Waals surface area contributed by atoms with Crippen LogP contribution in [0.5, 0.6) is 5.75 Å². The molecule has 0 saturated carbocycles. The maximum atomic E-state index is 11.5. The number of hydrogen-bond acceptors (Lipinski definition) is 3. The zero-order valence-electron chi connectivity index (χ0n) is 9.46. The molecule has 3 nitrogen and oxygen atoms in total. The molecule has 0 heterocycles. The molecule has 3 heteroatoms. The number of ether oxygens (including phenoxy) is 1. The minimum absolute atomic E-state index is 0.0290. The van der Waals surface area contributed by atoms with Crippen LogP contribution in [0.3, 0.4) is 0 Å². The Kier molecular flexibility index (Phi) is 3.86. The van der Waals surface area contributed by atoms with Gasteiger partial charge in [-0.3, -0.25) is 4.79 Å². The second-order valence-corrected chi connectivity index (χ2v) is 3.49. The third-order valence-corrected chi connectivity index (χ3v) is 2.31. The largest absolute Gasteiger partial charge is 0.494 e. The SMILES string of the molecule is CCOc1cc(C)c(C(=O)CN)cc1C. The molecule has 0 saturated heterocycles. The van der Waals surface area contributed by atoms with Crippen molar-refractivity contribution >= 4 is 5.78 Å². The summed E-state index contributed by atoms with van der Waals surface area (Å²) < 4.78 is 5.44. The lowest BCUT2D eigenvalue weighted by molar-refractivity contribution is 0.100. The standard InChI is InChI=1S/C12H17NO2/c1-4-15-12-6-8(2)10(5-9(12)3)11(14)7-13/h5-6H,4,7,13H2,1-3H3. The Labute approximate surface area is 90.2 Å². The summed E-state index contributed by atoms with van der Waals surface area (Å²) in [6, 6.07) is 3.73. The van der Waals surface area contributed by atoms with Crippen LogP contribution in [0.4, 0.5) is 0 Å². The van der Waals surface area contributed by atoms with Crippen LogP contribution in [0.25, 0.3) is 0 Å². The maximum absolute atomic E-state index is 11.5. The number of Topliss-reactive ketones (excluding diaryl/α,β-unsaturated/α-hetero) is 1. The van der Waals surface area contributed by atoms with Gasteiger partial charge < -0.3 is 10.5 Å². The van der Waals surface area contributed by atoms with Crippen molar-refractivity contribution in [1.82, 2.24) is 0 Å². The third-order valence-electron chi connectivity index (χ3n) is 2.31. The van der Waals surface area contributed by atoms with Gasteiger partial charge in [0.2, 0.25) is 0 Å². The Morgan fingerprint density at radius 2 is 2.00 bits per heavy atom. The van der Waals surface area contributed by atoms with Gasteiger partial charge in [-0.1, -0.05) is 0 Å². The van der Waals surface area contributed by atoms with Crippen molar-refractivity contribution in [1.29, 1.82) is 0 Å². The molecule has 1 aromatic rings. The molecule has 0 aliphatic carbocycles. The molecule has 1 aromatic carbocycles.